The number of nitrogens with zero attached hydrogens (tertiary/aromatic N) is 2. The summed E-state index contributed by atoms with van der Waals surface area (Å²) in [5.74, 6) is 0.209. The van der Waals surface area contributed by atoms with Crippen molar-refractivity contribution in [1.82, 2.24) is 15.3 Å². The molecule has 0 bridgehead atoms. The first-order valence-electron chi connectivity index (χ1n) is 8.25. The van der Waals surface area contributed by atoms with Gasteiger partial charge in [0.25, 0.3) is 0 Å². The molecule has 130 valence electrons. The lowest BCUT2D eigenvalue weighted by atomic mass is 10.0. The van der Waals surface area contributed by atoms with E-state index in [9.17, 15) is 4.79 Å². The number of aromatic nitrogens is 2. The molecule has 0 saturated heterocycles. The van der Waals surface area contributed by atoms with Crippen LogP contribution in [0.2, 0.25) is 0 Å². The molecule has 5 nitrogen and oxygen atoms in total. The van der Waals surface area contributed by atoms with Crippen molar-refractivity contribution in [2.45, 2.75) is 52.8 Å². The molecule has 2 heterocycles. The van der Waals surface area contributed by atoms with Crippen molar-refractivity contribution in [3.8, 4) is 10.7 Å². The molecular weight excluding hydrogens is 322 g/mol. The summed E-state index contributed by atoms with van der Waals surface area (Å²) in [4.78, 5) is 21.1. The summed E-state index contributed by atoms with van der Waals surface area (Å²) in [6.07, 6.45) is 2.39. The molecule has 0 unspecified atom stereocenters. The van der Waals surface area contributed by atoms with Crippen molar-refractivity contribution in [3.05, 3.63) is 35.5 Å². The lowest BCUT2D eigenvalue weighted by Gasteiger charge is -2.20. The first kappa shape index (κ1) is 18.5. The van der Waals surface area contributed by atoms with Crippen LogP contribution in [0.3, 0.4) is 0 Å². The van der Waals surface area contributed by atoms with Gasteiger partial charge in [0.2, 0.25) is 0 Å². The van der Waals surface area contributed by atoms with E-state index in [1.165, 1.54) is 0 Å². The Bertz CT molecular complexity index is 641. The summed E-state index contributed by atoms with van der Waals surface area (Å²) in [5.41, 5.74) is 1.78. The maximum atomic E-state index is 12.2. The molecule has 0 fully saturated rings. The molecule has 1 atom stereocenters. The maximum absolute atomic E-state index is 12.2. The standard InChI is InChI=1S/C18H25N3O2S/c1-12(2)9-16(18(22)23-13(3)4)20-10-14-11-24-17(21-14)15-7-5-6-8-19-15/h5-8,11-13,16,20H,9-10H2,1-4H3/t16-/m0/s1. The molecule has 0 spiro atoms. The summed E-state index contributed by atoms with van der Waals surface area (Å²) in [7, 11) is 0. The van der Waals surface area contributed by atoms with E-state index < -0.39 is 0 Å². The molecule has 0 radical (unpaired) electrons. The van der Waals surface area contributed by atoms with Gasteiger partial charge in [-0.3, -0.25) is 15.1 Å². The van der Waals surface area contributed by atoms with E-state index in [4.69, 9.17) is 4.74 Å². The number of thiazole rings is 1. The van der Waals surface area contributed by atoms with E-state index in [-0.39, 0.29) is 18.1 Å². The third-order valence-corrected chi connectivity index (χ3v) is 4.22. The Morgan fingerprint density at radius 2 is 2.08 bits per heavy atom. The Hall–Kier alpha value is -1.79. The average Bonchev–Trinajstić information content (AvgIpc) is 3.00. The van der Waals surface area contributed by atoms with Crippen LogP contribution in [-0.2, 0) is 16.1 Å². The molecule has 0 saturated carbocycles. The smallest absolute Gasteiger partial charge is 0.323 e. The second kappa shape index (κ2) is 8.89. The summed E-state index contributed by atoms with van der Waals surface area (Å²) in [5, 5.41) is 6.17. The average molecular weight is 347 g/mol. The zero-order chi connectivity index (χ0) is 17.5. The van der Waals surface area contributed by atoms with Crippen LogP contribution < -0.4 is 5.32 Å². The second-order valence-corrected chi connectivity index (χ2v) is 7.27. The van der Waals surface area contributed by atoms with Gasteiger partial charge in [-0.2, -0.15) is 0 Å². The minimum absolute atomic E-state index is 0.107. The number of hydrogen-bond acceptors (Lipinski definition) is 6. The van der Waals surface area contributed by atoms with E-state index in [0.29, 0.717) is 12.5 Å². The molecule has 24 heavy (non-hydrogen) atoms. The Morgan fingerprint density at radius 3 is 2.71 bits per heavy atom. The van der Waals surface area contributed by atoms with Gasteiger partial charge >= 0.3 is 5.97 Å². The third kappa shape index (κ3) is 5.69. The van der Waals surface area contributed by atoms with E-state index in [1.54, 1.807) is 17.5 Å². The first-order valence-corrected chi connectivity index (χ1v) is 9.13. The molecule has 0 amide bonds. The zero-order valence-corrected chi connectivity index (χ0v) is 15.5. The molecule has 0 aliphatic carbocycles. The molecule has 1 N–H and O–H groups in total. The summed E-state index contributed by atoms with van der Waals surface area (Å²) < 4.78 is 5.35. The number of nitrogens with one attached hydrogen (secondary N) is 1. The molecule has 2 rings (SSSR count). The predicted octanol–water partition coefficient (Wildman–Crippen LogP) is 3.66. The highest BCUT2D eigenvalue weighted by molar-refractivity contribution is 7.13. The van der Waals surface area contributed by atoms with Crippen LogP contribution in [0.4, 0.5) is 0 Å². The Balaban J connectivity index is 1.98. The van der Waals surface area contributed by atoms with Gasteiger partial charge in [-0.25, -0.2) is 4.98 Å². The highest BCUT2D eigenvalue weighted by Gasteiger charge is 2.22. The van der Waals surface area contributed by atoms with E-state index >= 15 is 0 Å². The second-order valence-electron chi connectivity index (χ2n) is 6.41. The Labute approximate surface area is 147 Å². The summed E-state index contributed by atoms with van der Waals surface area (Å²) >= 11 is 1.56. The molecule has 0 aliphatic rings. The Morgan fingerprint density at radius 1 is 1.29 bits per heavy atom. The lowest BCUT2D eigenvalue weighted by Crippen LogP contribution is -2.39. The van der Waals surface area contributed by atoms with E-state index in [1.807, 2.05) is 37.4 Å². The largest absolute Gasteiger partial charge is 0.462 e. The quantitative estimate of drug-likeness (QED) is 0.738. The first-order chi connectivity index (χ1) is 11.5. The van der Waals surface area contributed by atoms with Crippen molar-refractivity contribution in [1.29, 1.82) is 0 Å². The molecule has 2 aromatic heterocycles. The number of carbonyl (C=O) groups excluding carboxylic acids is 1. The molecule has 2 aromatic rings. The van der Waals surface area contributed by atoms with Gasteiger partial charge in [0.05, 0.1) is 17.5 Å². The minimum atomic E-state index is -0.313. The number of esters is 1. The van der Waals surface area contributed by atoms with Crippen molar-refractivity contribution in [2.75, 3.05) is 0 Å². The number of ether oxygens (including phenoxy) is 1. The van der Waals surface area contributed by atoms with Gasteiger partial charge in [0, 0.05) is 18.1 Å². The van der Waals surface area contributed by atoms with E-state index in [2.05, 4.69) is 29.1 Å². The SMILES string of the molecule is CC(C)C[C@H](NCc1csc(-c2ccccn2)n1)C(=O)OC(C)C. The lowest BCUT2D eigenvalue weighted by molar-refractivity contribution is -0.150. The fraction of sp³-hybridized carbons (Fsp3) is 0.500. The monoisotopic (exact) mass is 347 g/mol. The van der Waals surface area contributed by atoms with Crippen LogP contribution in [-0.4, -0.2) is 28.1 Å². The van der Waals surface area contributed by atoms with Crippen LogP contribution in [0.15, 0.2) is 29.8 Å². The molecule has 6 heteroatoms. The maximum Gasteiger partial charge on any atom is 0.323 e. The number of pyridine rings is 1. The van der Waals surface area contributed by atoms with Crippen LogP contribution >= 0.6 is 11.3 Å². The van der Waals surface area contributed by atoms with E-state index in [0.717, 1.165) is 22.8 Å². The summed E-state index contributed by atoms with van der Waals surface area (Å²) in [6, 6.07) is 5.46. The summed E-state index contributed by atoms with van der Waals surface area (Å²) in [6.45, 7) is 8.46. The number of rotatable bonds is 8. The van der Waals surface area contributed by atoms with Crippen LogP contribution in [0.5, 0.6) is 0 Å². The van der Waals surface area contributed by atoms with Gasteiger partial charge in [-0.15, -0.1) is 11.3 Å². The third-order valence-electron chi connectivity index (χ3n) is 3.31. The fourth-order valence-electron chi connectivity index (χ4n) is 2.27. The van der Waals surface area contributed by atoms with Gasteiger partial charge in [-0.1, -0.05) is 19.9 Å². The topological polar surface area (TPSA) is 64.1 Å². The van der Waals surface area contributed by atoms with Crippen molar-refractivity contribution >= 4 is 17.3 Å². The van der Waals surface area contributed by atoms with Crippen LogP contribution in [0.25, 0.3) is 10.7 Å². The highest BCUT2D eigenvalue weighted by atomic mass is 32.1. The van der Waals surface area contributed by atoms with Gasteiger partial charge in [0.15, 0.2) is 0 Å². The predicted molar refractivity (Wildman–Crippen MR) is 96.7 cm³/mol. The zero-order valence-electron chi connectivity index (χ0n) is 14.7. The molecule has 0 aliphatic heterocycles. The van der Waals surface area contributed by atoms with Gasteiger partial charge in [0.1, 0.15) is 11.0 Å². The minimum Gasteiger partial charge on any atom is -0.462 e. The fourth-order valence-corrected chi connectivity index (χ4v) is 3.07. The number of carbonyl (C=O) groups is 1. The highest BCUT2D eigenvalue weighted by Crippen LogP contribution is 2.21. The van der Waals surface area contributed by atoms with Gasteiger partial charge < -0.3 is 4.74 Å². The van der Waals surface area contributed by atoms with Gasteiger partial charge in [-0.05, 0) is 38.3 Å². The van der Waals surface area contributed by atoms with Crippen molar-refractivity contribution < 1.29 is 9.53 Å². The van der Waals surface area contributed by atoms with Crippen LogP contribution in [0, 0.1) is 5.92 Å². The number of hydrogen-bond donors (Lipinski definition) is 1. The molecular formula is C18H25N3O2S. The van der Waals surface area contributed by atoms with Crippen LogP contribution in [0.1, 0.15) is 39.8 Å². The molecule has 0 aromatic carbocycles. The Kier molecular flexibility index (Phi) is 6.87. The van der Waals surface area contributed by atoms with Crippen molar-refractivity contribution in [2.24, 2.45) is 5.92 Å². The normalized spacial score (nSPS) is 12.6. The van der Waals surface area contributed by atoms with Crippen molar-refractivity contribution in [3.63, 3.8) is 0 Å².